The number of nitrogens with one attached hydrogen (secondary N) is 2. The van der Waals surface area contributed by atoms with Crippen LogP contribution >= 0.6 is 11.3 Å². The van der Waals surface area contributed by atoms with Crippen LogP contribution in [-0.2, 0) is 11.2 Å². The first-order valence-corrected chi connectivity index (χ1v) is 9.47. The minimum atomic E-state index is -0.378. The molecular weight excluding hydrogens is 362 g/mol. The maximum atomic E-state index is 12.1. The number of amides is 2. The van der Waals surface area contributed by atoms with Gasteiger partial charge in [-0.05, 0) is 17.7 Å². The minimum Gasteiger partial charge on any atom is -0.356 e. The number of rotatable bonds is 9. The van der Waals surface area contributed by atoms with Crippen molar-refractivity contribution in [2.75, 3.05) is 11.9 Å². The largest absolute Gasteiger partial charge is 0.356 e. The number of benzene rings is 1. The molecule has 1 aliphatic rings. The average Bonchev–Trinajstić information content (AvgIpc) is 3.20. The van der Waals surface area contributed by atoms with Crippen molar-refractivity contribution in [3.05, 3.63) is 46.4 Å². The van der Waals surface area contributed by atoms with Gasteiger partial charge < -0.3 is 10.6 Å². The van der Waals surface area contributed by atoms with Crippen LogP contribution in [0.5, 0.6) is 0 Å². The quantitative estimate of drug-likeness (QED) is 0.654. The molecule has 27 heavy (non-hydrogen) atoms. The van der Waals surface area contributed by atoms with E-state index < -0.39 is 0 Å². The first kappa shape index (κ1) is 18.7. The normalized spacial score (nSPS) is 13.6. The van der Waals surface area contributed by atoms with Crippen molar-refractivity contribution in [3.8, 4) is 12.3 Å². The molecule has 0 bridgehead atoms. The molecule has 7 nitrogen and oxygen atoms in total. The lowest BCUT2D eigenvalue weighted by atomic mass is 10.0. The molecular formula is C19H19N5O2S. The molecule has 1 aliphatic heterocycles. The number of hydrogen-bond donors (Lipinski definition) is 2. The van der Waals surface area contributed by atoms with Crippen molar-refractivity contribution < 1.29 is 9.59 Å². The summed E-state index contributed by atoms with van der Waals surface area (Å²) in [5.41, 5.74) is 3.14. The molecule has 0 saturated carbocycles. The monoisotopic (exact) mass is 381 g/mol. The molecule has 8 heteroatoms. The van der Waals surface area contributed by atoms with Crippen LogP contribution in [0.1, 0.15) is 35.3 Å². The van der Waals surface area contributed by atoms with Crippen molar-refractivity contribution >= 4 is 28.8 Å². The van der Waals surface area contributed by atoms with Crippen LogP contribution in [-0.4, -0.2) is 29.0 Å². The Balaban J connectivity index is 1.41. The summed E-state index contributed by atoms with van der Waals surface area (Å²) in [4.78, 5) is 28.0. The summed E-state index contributed by atoms with van der Waals surface area (Å²) < 4.78 is 0. The van der Waals surface area contributed by atoms with Crippen LogP contribution in [0.2, 0.25) is 0 Å². The lowest BCUT2D eigenvalue weighted by Crippen LogP contribution is -2.29. The van der Waals surface area contributed by atoms with E-state index in [0.717, 1.165) is 12.0 Å². The van der Waals surface area contributed by atoms with Crippen LogP contribution in [0.4, 0.5) is 5.69 Å². The number of thiazole rings is 1. The van der Waals surface area contributed by atoms with E-state index >= 15 is 0 Å². The Labute approximate surface area is 161 Å². The van der Waals surface area contributed by atoms with Crippen LogP contribution in [0.15, 0.2) is 45.4 Å². The second-order valence-electron chi connectivity index (χ2n) is 6.19. The predicted octanol–water partition coefficient (Wildman–Crippen LogP) is 3.02. The number of nitrogens with zero attached hydrogens (tertiary/aromatic N) is 3. The zero-order valence-corrected chi connectivity index (χ0v) is 15.5. The third-order valence-electron chi connectivity index (χ3n) is 4.14. The van der Waals surface area contributed by atoms with E-state index in [9.17, 15) is 9.59 Å². The van der Waals surface area contributed by atoms with E-state index in [1.54, 1.807) is 23.0 Å². The molecule has 0 atom stereocenters. The highest BCUT2D eigenvalue weighted by molar-refractivity contribution is 7.07. The molecule has 0 radical (unpaired) electrons. The third kappa shape index (κ3) is 5.46. The topological polar surface area (TPSA) is 95.8 Å². The van der Waals surface area contributed by atoms with Gasteiger partial charge in [0.2, 0.25) is 5.91 Å². The Hall–Kier alpha value is -3.05. The molecule has 138 valence electrons. The molecule has 2 N–H and O–H groups in total. The van der Waals surface area contributed by atoms with E-state index in [1.165, 1.54) is 11.3 Å². The standard InChI is InChI=1S/C19H19N5O2S/c1-2-3-8-19(23-24-19)9-10-20-17(25)11-14-4-6-15(7-5-14)22-18(26)16-12-27-13-21-16/h1,4-7,12-13H,3,8-11H2,(H,20,25)(H,22,26). The van der Waals surface area contributed by atoms with Gasteiger partial charge in [0.15, 0.2) is 5.66 Å². The van der Waals surface area contributed by atoms with Gasteiger partial charge in [-0.15, -0.1) is 23.7 Å². The van der Waals surface area contributed by atoms with Crippen LogP contribution in [0, 0.1) is 12.3 Å². The number of terminal acetylenes is 1. The summed E-state index contributed by atoms with van der Waals surface area (Å²) in [5, 5.41) is 15.4. The van der Waals surface area contributed by atoms with Crippen molar-refractivity contribution in [1.82, 2.24) is 10.3 Å². The second-order valence-corrected chi connectivity index (χ2v) is 6.91. The first-order valence-electron chi connectivity index (χ1n) is 8.53. The second kappa shape index (κ2) is 8.56. The maximum Gasteiger partial charge on any atom is 0.275 e. The van der Waals surface area contributed by atoms with Gasteiger partial charge in [0.1, 0.15) is 5.69 Å². The summed E-state index contributed by atoms with van der Waals surface area (Å²) in [6, 6.07) is 7.17. The van der Waals surface area contributed by atoms with Gasteiger partial charge in [-0.2, -0.15) is 10.2 Å². The molecule has 0 fully saturated rings. The molecule has 3 rings (SSSR count). The number of hydrogen-bond acceptors (Lipinski definition) is 6. The molecule has 0 unspecified atom stereocenters. The molecule has 2 amide bonds. The molecule has 1 aromatic carbocycles. The lowest BCUT2D eigenvalue weighted by Gasteiger charge is -2.10. The Bertz CT molecular complexity index is 863. The fraction of sp³-hybridized carbons (Fsp3) is 0.316. The van der Waals surface area contributed by atoms with Gasteiger partial charge >= 0.3 is 0 Å². The number of aromatic nitrogens is 1. The summed E-state index contributed by atoms with van der Waals surface area (Å²) in [5.74, 6) is 2.26. The van der Waals surface area contributed by atoms with Gasteiger partial charge in [0.05, 0.1) is 11.9 Å². The Morgan fingerprint density at radius 3 is 2.59 bits per heavy atom. The van der Waals surface area contributed by atoms with Gasteiger partial charge in [-0.25, -0.2) is 4.98 Å². The van der Waals surface area contributed by atoms with Crippen LogP contribution < -0.4 is 10.6 Å². The van der Waals surface area contributed by atoms with Gasteiger partial charge in [-0.3, -0.25) is 9.59 Å². The Morgan fingerprint density at radius 1 is 1.19 bits per heavy atom. The minimum absolute atomic E-state index is 0.0676. The van der Waals surface area contributed by atoms with E-state index in [4.69, 9.17) is 6.42 Å². The summed E-state index contributed by atoms with van der Waals surface area (Å²) in [6.45, 7) is 0.512. The average molecular weight is 381 g/mol. The molecule has 0 spiro atoms. The predicted molar refractivity (Wildman–Crippen MR) is 103 cm³/mol. The van der Waals surface area contributed by atoms with E-state index in [1.807, 2.05) is 12.1 Å². The zero-order chi connectivity index (χ0) is 19.1. The number of carbonyl (C=O) groups excluding carboxylic acids is 2. The molecule has 2 aromatic rings. The fourth-order valence-corrected chi connectivity index (χ4v) is 3.08. The van der Waals surface area contributed by atoms with Crippen molar-refractivity contribution in [2.45, 2.75) is 31.3 Å². The van der Waals surface area contributed by atoms with E-state index in [-0.39, 0.29) is 23.9 Å². The number of carbonyl (C=O) groups is 2. The van der Waals surface area contributed by atoms with Crippen LogP contribution in [0.3, 0.4) is 0 Å². The summed E-state index contributed by atoms with van der Waals surface area (Å²) >= 11 is 1.37. The van der Waals surface area contributed by atoms with Crippen molar-refractivity contribution in [2.24, 2.45) is 10.2 Å². The number of anilines is 1. The fourth-order valence-electron chi connectivity index (χ4n) is 2.54. The molecule has 0 aliphatic carbocycles. The van der Waals surface area contributed by atoms with Crippen molar-refractivity contribution in [3.63, 3.8) is 0 Å². The zero-order valence-electron chi connectivity index (χ0n) is 14.6. The SMILES string of the molecule is C#CCCC1(CCNC(=O)Cc2ccc(NC(=O)c3cscn3)cc2)N=N1. The Kier molecular flexibility index (Phi) is 5.94. The smallest absolute Gasteiger partial charge is 0.275 e. The molecule has 0 saturated heterocycles. The van der Waals surface area contributed by atoms with Gasteiger partial charge in [-0.1, -0.05) is 12.1 Å². The van der Waals surface area contributed by atoms with Crippen LogP contribution in [0.25, 0.3) is 0 Å². The first-order chi connectivity index (χ1) is 13.1. The van der Waals surface area contributed by atoms with E-state index in [2.05, 4.69) is 31.8 Å². The highest BCUT2D eigenvalue weighted by atomic mass is 32.1. The third-order valence-corrected chi connectivity index (χ3v) is 4.73. The van der Waals surface area contributed by atoms with E-state index in [0.29, 0.717) is 30.8 Å². The van der Waals surface area contributed by atoms with Gasteiger partial charge in [0, 0.05) is 36.9 Å². The highest BCUT2D eigenvalue weighted by Crippen LogP contribution is 2.35. The van der Waals surface area contributed by atoms with Gasteiger partial charge in [0.25, 0.3) is 5.91 Å². The van der Waals surface area contributed by atoms with Crippen molar-refractivity contribution in [1.29, 1.82) is 0 Å². The molecule has 1 aromatic heterocycles. The summed E-state index contributed by atoms with van der Waals surface area (Å²) in [6.07, 6.45) is 7.56. The lowest BCUT2D eigenvalue weighted by molar-refractivity contribution is -0.120. The molecule has 2 heterocycles. The maximum absolute atomic E-state index is 12.1. The Morgan fingerprint density at radius 2 is 1.96 bits per heavy atom. The summed E-state index contributed by atoms with van der Waals surface area (Å²) in [7, 11) is 0. The highest BCUT2D eigenvalue weighted by Gasteiger charge is 2.38.